The molecule has 0 atom stereocenters. The van der Waals surface area contributed by atoms with E-state index in [2.05, 4.69) is 11.9 Å². The highest BCUT2D eigenvalue weighted by Crippen LogP contribution is 2.21. The van der Waals surface area contributed by atoms with Gasteiger partial charge in [-0.1, -0.05) is 13.3 Å². The van der Waals surface area contributed by atoms with Gasteiger partial charge < -0.3 is 9.72 Å². The van der Waals surface area contributed by atoms with Crippen molar-refractivity contribution >= 4 is 0 Å². The summed E-state index contributed by atoms with van der Waals surface area (Å²) in [5.74, 6) is 0.706. The molecule has 2 N–H and O–H groups in total. The minimum Gasteiger partial charge on any atom is -0.494 e. The van der Waals surface area contributed by atoms with Gasteiger partial charge >= 0.3 is 5.69 Å². The fourth-order valence-electron chi connectivity index (χ4n) is 1.86. The van der Waals surface area contributed by atoms with E-state index in [1.165, 1.54) is 0 Å². The Labute approximate surface area is 121 Å². The number of benzene rings is 1. The Morgan fingerprint density at radius 3 is 2.52 bits per heavy atom. The molecule has 2 aromatic rings. The van der Waals surface area contributed by atoms with Crippen molar-refractivity contribution in [3.05, 3.63) is 50.7 Å². The third-order valence-corrected chi connectivity index (χ3v) is 2.96. The Bertz CT molecular complexity index is 766. The highest BCUT2D eigenvalue weighted by Gasteiger charge is 2.10. The average molecular weight is 285 g/mol. The zero-order chi connectivity index (χ0) is 15.2. The molecule has 0 aliphatic carbocycles. The van der Waals surface area contributed by atoms with E-state index in [0.29, 0.717) is 17.9 Å². The van der Waals surface area contributed by atoms with Crippen molar-refractivity contribution in [2.24, 2.45) is 0 Å². The number of rotatable bonds is 5. The molecule has 0 bridgehead atoms. The van der Waals surface area contributed by atoms with Crippen molar-refractivity contribution in [3.63, 3.8) is 0 Å². The van der Waals surface area contributed by atoms with Gasteiger partial charge in [-0.25, -0.2) is 4.79 Å². The van der Waals surface area contributed by atoms with Crippen LogP contribution in [0.3, 0.4) is 0 Å². The summed E-state index contributed by atoms with van der Waals surface area (Å²) in [4.78, 5) is 27.4. The summed E-state index contributed by atoms with van der Waals surface area (Å²) in [6, 6.07) is 8.69. The van der Waals surface area contributed by atoms with Crippen LogP contribution in [0, 0.1) is 11.3 Å². The summed E-state index contributed by atoms with van der Waals surface area (Å²) in [6.45, 7) is 2.72. The van der Waals surface area contributed by atoms with Crippen LogP contribution < -0.4 is 16.0 Å². The standard InChI is InChI=1S/C15H15N3O3/c1-2-3-8-21-11-6-4-10(5-7-11)13-12(9-16)14(19)18-15(20)17-13/h4-7H,2-3,8H2,1H3,(H2,17,18,19,20). The van der Waals surface area contributed by atoms with Crippen molar-refractivity contribution in [1.82, 2.24) is 9.97 Å². The SMILES string of the molecule is CCCCOc1ccc(-c2[nH]c(=O)[nH]c(=O)c2C#N)cc1. The molecular weight excluding hydrogens is 270 g/mol. The molecule has 0 unspecified atom stereocenters. The maximum atomic E-state index is 11.6. The second-order valence-electron chi connectivity index (χ2n) is 4.50. The average Bonchev–Trinajstić information content (AvgIpc) is 2.47. The lowest BCUT2D eigenvalue weighted by molar-refractivity contribution is 0.309. The van der Waals surface area contributed by atoms with Gasteiger partial charge in [0.25, 0.3) is 5.56 Å². The summed E-state index contributed by atoms with van der Waals surface area (Å²) in [5, 5.41) is 9.03. The van der Waals surface area contributed by atoms with E-state index in [4.69, 9.17) is 10.00 Å². The number of nitrogens with one attached hydrogen (secondary N) is 2. The molecule has 0 radical (unpaired) electrons. The van der Waals surface area contributed by atoms with Crippen LogP contribution in [0.25, 0.3) is 11.3 Å². The predicted molar refractivity (Wildman–Crippen MR) is 78.2 cm³/mol. The third kappa shape index (κ3) is 3.39. The lowest BCUT2D eigenvalue weighted by atomic mass is 10.1. The number of unbranched alkanes of at least 4 members (excludes halogenated alkanes) is 1. The molecule has 6 nitrogen and oxygen atoms in total. The third-order valence-electron chi connectivity index (χ3n) is 2.96. The van der Waals surface area contributed by atoms with Crippen molar-refractivity contribution < 1.29 is 4.74 Å². The van der Waals surface area contributed by atoms with Crippen LogP contribution in [-0.4, -0.2) is 16.6 Å². The quantitative estimate of drug-likeness (QED) is 0.818. The van der Waals surface area contributed by atoms with Crippen LogP contribution in [0.2, 0.25) is 0 Å². The second kappa shape index (κ2) is 6.57. The second-order valence-corrected chi connectivity index (χ2v) is 4.50. The number of nitrogens with zero attached hydrogens (tertiary/aromatic N) is 1. The van der Waals surface area contributed by atoms with Crippen LogP contribution in [0.4, 0.5) is 0 Å². The van der Waals surface area contributed by atoms with Gasteiger partial charge in [-0.05, 0) is 36.2 Å². The zero-order valence-corrected chi connectivity index (χ0v) is 11.6. The molecular formula is C15H15N3O3. The minimum atomic E-state index is -0.695. The van der Waals surface area contributed by atoms with Crippen LogP contribution in [0.5, 0.6) is 5.75 Å². The zero-order valence-electron chi connectivity index (χ0n) is 11.6. The smallest absolute Gasteiger partial charge is 0.326 e. The number of H-pyrrole nitrogens is 2. The van der Waals surface area contributed by atoms with Crippen molar-refractivity contribution in [3.8, 4) is 23.1 Å². The molecule has 0 fully saturated rings. The number of aromatic nitrogens is 2. The Morgan fingerprint density at radius 1 is 1.19 bits per heavy atom. The highest BCUT2D eigenvalue weighted by molar-refractivity contribution is 5.66. The van der Waals surface area contributed by atoms with Gasteiger partial charge in [0.15, 0.2) is 0 Å². The molecule has 0 saturated heterocycles. The van der Waals surface area contributed by atoms with Crippen LogP contribution in [-0.2, 0) is 0 Å². The molecule has 6 heteroatoms. The molecule has 1 heterocycles. The Balaban J connectivity index is 2.33. The van der Waals surface area contributed by atoms with E-state index in [0.717, 1.165) is 12.8 Å². The van der Waals surface area contributed by atoms with Gasteiger partial charge in [0.05, 0.1) is 12.3 Å². The number of hydrogen-bond acceptors (Lipinski definition) is 4. The van der Waals surface area contributed by atoms with Crippen LogP contribution in [0.1, 0.15) is 25.3 Å². The van der Waals surface area contributed by atoms with E-state index in [1.54, 1.807) is 30.3 Å². The van der Waals surface area contributed by atoms with Gasteiger partial charge in [-0.3, -0.25) is 9.78 Å². The number of nitriles is 1. The monoisotopic (exact) mass is 285 g/mol. The Morgan fingerprint density at radius 2 is 1.90 bits per heavy atom. The predicted octanol–water partition coefficient (Wildman–Crippen LogP) is 1.78. The lowest BCUT2D eigenvalue weighted by Gasteiger charge is -2.07. The van der Waals surface area contributed by atoms with Crippen molar-refractivity contribution in [2.75, 3.05) is 6.61 Å². The van der Waals surface area contributed by atoms with Gasteiger partial charge in [-0.15, -0.1) is 0 Å². The fourth-order valence-corrected chi connectivity index (χ4v) is 1.86. The molecule has 0 aliphatic heterocycles. The summed E-state index contributed by atoms with van der Waals surface area (Å²) >= 11 is 0. The number of aromatic amines is 2. The normalized spacial score (nSPS) is 10.1. The summed E-state index contributed by atoms with van der Waals surface area (Å²) < 4.78 is 5.54. The number of ether oxygens (including phenoxy) is 1. The maximum Gasteiger partial charge on any atom is 0.326 e. The molecule has 1 aromatic carbocycles. The molecule has 0 amide bonds. The van der Waals surface area contributed by atoms with Crippen LogP contribution >= 0.6 is 0 Å². The number of hydrogen-bond donors (Lipinski definition) is 2. The largest absolute Gasteiger partial charge is 0.494 e. The van der Waals surface area contributed by atoms with Gasteiger partial charge in [-0.2, -0.15) is 5.26 Å². The fraction of sp³-hybridized carbons (Fsp3) is 0.267. The first-order valence-corrected chi connectivity index (χ1v) is 6.65. The summed E-state index contributed by atoms with van der Waals surface area (Å²) in [6.07, 6.45) is 2.03. The summed E-state index contributed by atoms with van der Waals surface area (Å²) in [5.41, 5.74) is -0.657. The Kier molecular flexibility index (Phi) is 4.57. The highest BCUT2D eigenvalue weighted by atomic mass is 16.5. The summed E-state index contributed by atoms with van der Waals surface area (Å²) in [7, 11) is 0. The van der Waals surface area contributed by atoms with E-state index >= 15 is 0 Å². The van der Waals surface area contributed by atoms with E-state index in [1.807, 2.05) is 4.98 Å². The lowest BCUT2D eigenvalue weighted by Crippen LogP contribution is -2.25. The van der Waals surface area contributed by atoms with E-state index in [-0.39, 0.29) is 11.3 Å². The molecule has 0 aliphatic rings. The van der Waals surface area contributed by atoms with E-state index < -0.39 is 11.2 Å². The molecule has 0 saturated carbocycles. The molecule has 2 rings (SSSR count). The first-order valence-electron chi connectivity index (χ1n) is 6.65. The Hall–Kier alpha value is -2.81. The first-order chi connectivity index (χ1) is 10.2. The molecule has 1 aromatic heterocycles. The molecule has 108 valence electrons. The van der Waals surface area contributed by atoms with E-state index in [9.17, 15) is 9.59 Å². The van der Waals surface area contributed by atoms with Gasteiger partial charge in [0.1, 0.15) is 17.4 Å². The molecule has 0 spiro atoms. The minimum absolute atomic E-state index is 0.116. The van der Waals surface area contributed by atoms with Crippen molar-refractivity contribution in [2.45, 2.75) is 19.8 Å². The maximum absolute atomic E-state index is 11.6. The van der Waals surface area contributed by atoms with Gasteiger partial charge in [0, 0.05) is 0 Å². The molecule has 21 heavy (non-hydrogen) atoms. The first kappa shape index (κ1) is 14.6. The van der Waals surface area contributed by atoms with Crippen LogP contribution in [0.15, 0.2) is 33.9 Å². The topological polar surface area (TPSA) is 98.7 Å². The van der Waals surface area contributed by atoms with Crippen molar-refractivity contribution in [1.29, 1.82) is 5.26 Å². The van der Waals surface area contributed by atoms with Gasteiger partial charge in [0.2, 0.25) is 0 Å².